The molecule has 7 nitrogen and oxygen atoms in total. The van der Waals surface area contributed by atoms with E-state index >= 15 is 0 Å². The number of carbonyl (C=O) groups is 1. The van der Waals surface area contributed by atoms with Crippen molar-refractivity contribution in [2.75, 3.05) is 46.4 Å². The molecule has 0 radical (unpaired) electrons. The fourth-order valence-corrected chi connectivity index (χ4v) is 5.18. The summed E-state index contributed by atoms with van der Waals surface area (Å²) in [6, 6.07) is 6.31. The fraction of sp³-hybridized carbons (Fsp3) is 0.607. The first kappa shape index (κ1) is 25.4. The Kier molecular flexibility index (Phi) is 9.35. The molecule has 2 fully saturated rings. The van der Waals surface area contributed by atoms with E-state index < -0.39 is 0 Å². The molecule has 2 aromatic rings. The number of hydrogen-bond donors (Lipinski definition) is 0. The summed E-state index contributed by atoms with van der Waals surface area (Å²) >= 11 is 0. The topological polar surface area (TPSA) is 67.8 Å². The van der Waals surface area contributed by atoms with Crippen LogP contribution in [0.2, 0.25) is 0 Å². The van der Waals surface area contributed by atoms with Gasteiger partial charge in [-0.2, -0.15) is 0 Å². The van der Waals surface area contributed by atoms with Crippen LogP contribution < -0.4 is 9.47 Å². The summed E-state index contributed by atoms with van der Waals surface area (Å²) in [4.78, 5) is 25.2. The number of aryl methyl sites for hydroxylation is 1. The summed E-state index contributed by atoms with van der Waals surface area (Å²) < 4.78 is 11.6. The van der Waals surface area contributed by atoms with E-state index in [4.69, 9.17) is 9.47 Å². The Morgan fingerprint density at radius 1 is 1.06 bits per heavy atom. The van der Waals surface area contributed by atoms with Crippen LogP contribution in [0.3, 0.4) is 0 Å². The van der Waals surface area contributed by atoms with Crippen LogP contribution in [0, 0.1) is 5.92 Å². The lowest BCUT2D eigenvalue weighted by atomic mass is 9.90. The summed E-state index contributed by atoms with van der Waals surface area (Å²) in [6.07, 6.45) is 12.4. The van der Waals surface area contributed by atoms with Gasteiger partial charge in [-0.05, 0) is 81.6 Å². The quantitative estimate of drug-likeness (QED) is 0.451. The van der Waals surface area contributed by atoms with Gasteiger partial charge in [0.25, 0.3) is 0 Å². The van der Waals surface area contributed by atoms with Crippen LogP contribution in [0.1, 0.15) is 62.4 Å². The van der Waals surface area contributed by atoms with Gasteiger partial charge in [0.15, 0.2) is 11.5 Å². The normalized spacial score (nSPS) is 17.0. The maximum atomic E-state index is 11.5. The third-order valence-electron chi connectivity index (χ3n) is 7.33. The Labute approximate surface area is 209 Å². The molecule has 0 bridgehead atoms. The molecule has 2 aliphatic heterocycles. The van der Waals surface area contributed by atoms with E-state index in [0.29, 0.717) is 24.7 Å². The van der Waals surface area contributed by atoms with Crippen molar-refractivity contribution in [3.63, 3.8) is 0 Å². The molecule has 2 aromatic heterocycles. The van der Waals surface area contributed by atoms with Gasteiger partial charge in [0.1, 0.15) is 0 Å². The van der Waals surface area contributed by atoms with Crippen molar-refractivity contribution in [1.82, 2.24) is 19.8 Å². The number of nitrogens with zero attached hydrogens (tertiary/aromatic N) is 4. The van der Waals surface area contributed by atoms with Gasteiger partial charge in [0.05, 0.1) is 25.6 Å². The number of methoxy groups -OCH3 is 1. The number of piperidine rings is 1. The highest BCUT2D eigenvalue weighted by Crippen LogP contribution is 2.28. The molecule has 2 aliphatic rings. The van der Waals surface area contributed by atoms with E-state index in [0.717, 1.165) is 68.9 Å². The Balaban J connectivity index is 1.28. The van der Waals surface area contributed by atoms with Gasteiger partial charge < -0.3 is 19.3 Å². The third kappa shape index (κ3) is 7.66. The average molecular weight is 481 g/mol. The second-order valence-electron chi connectivity index (χ2n) is 9.90. The molecular formula is C28H40N4O3. The van der Waals surface area contributed by atoms with Gasteiger partial charge in [0.2, 0.25) is 5.91 Å². The zero-order valence-electron chi connectivity index (χ0n) is 21.4. The van der Waals surface area contributed by atoms with Gasteiger partial charge in [-0.25, -0.2) is 0 Å². The fourth-order valence-electron chi connectivity index (χ4n) is 5.18. The first-order valence-corrected chi connectivity index (χ1v) is 13.2. The molecule has 2 saturated heterocycles. The largest absolute Gasteiger partial charge is 0.491 e. The highest BCUT2D eigenvalue weighted by atomic mass is 16.5. The van der Waals surface area contributed by atoms with Crippen molar-refractivity contribution >= 4 is 5.91 Å². The molecule has 0 aromatic carbocycles. The summed E-state index contributed by atoms with van der Waals surface area (Å²) in [6.45, 7) is 7.66. The molecule has 0 aliphatic carbocycles. The smallest absolute Gasteiger partial charge is 0.219 e. The van der Waals surface area contributed by atoms with E-state index in [1.807, 2.05) is 17.2 Å². The Bertz CT molecular complexity index is 953. The highest BCUT2D eigenvalue weighted by Gasteiger charge is 2.20. The molecule has 4 rings (SSSR count). The van der Waals surface area contributed by atoms with Crippen molar-refractivity contribution < 1.29 is 14.3 Å². The van der Waals surface area contributed by atoms with Gasteiger partial charge in [0, 0.05) is 50.9 Å². The Morgan fingerprint density at radius 3 is 2.57 bits per heavy atom. The van der Waals surface area contributed by atoms with Crippen molar-refractivity contribution in [1.29, 1.82) is 0 Å². The van der Waals surface area contributed by atoms with Gasteiger partial charge in [-0.15, -0.1) is 0 Å². The summed E-state index contributed by atoms with van der Waals surface area (Å²) in [5.74, 6) is 2.32. The molecule has 0 atom stereocenters. The number of hydrogen-bond acceptors (Lipinski definition) is 6. The molecule has 4 heterocycles. The van der Waals surface area contributed by atoms with E-state index in [-0.39, 0.29) is 5.91 Å². The van der Waals surface area contributed by atoms with Crippen molar-refractivity contribution in [3.8, 4) is 11.5 Å². The van der Waals surface area contributed by atoms with Crippen molar-refractivity contribution in [3.05, 3.63) is 47.5 Å². The number of pyridine rings is 2. The Hall–Kier alpha value is -2.67. The van der Waals surface area contributed by atoms with Crippen LogP contribution in [0.25, 0.3) is 0 Å². The van der Waals surface area contributed by atoms with E-state index in [2.05, 4.69) is 27.0 Å². The summed E-state index contributed by atoms with van der Waals surface area (Å²) in [5.41, 5.74) is 3.27. The molecule has 0 N–H and O–H groups in total. The lowest BCUT2D eigenvalue weighted by Gasteiger charge is -2.31. The van der Waals surface area contributed by atoms with E-state index in [1.165, 1.54) is 31.5 Å². The summed E-state index contributed by atoms with van der Waals surface area (Å²) in [5, 5.41) is 0. The maximum absolute atomic E-state index is 11.5. The standard InChI is InChI=1S/C28H40N4O3/c1-22(33)32-15-9-23(10-16-32)6-7-24-8-11-29-25(18-24)19-26-20-27(28(34-2)21-30-26)35-17-5-14-31-12-3-4-13-31/h8,11,18,20-21,23H,3-7,9-10,12-17,19H2,1-2H3. The maximum Gasteiger partial charge on any atom is 0.219 e. The predicted molar refractivity (Wildman–Crippen MR) is 137 cm³/mol. The van der Waals surface area contributed by atoms with Crippen LogP contribution in [0.15, 0.2) is 30.6 Å². The van der Waals surface area contributed by atoms with Gasteiger partial charge in [-0.1, -0.05) is 0 Å². The lowest BCUT2D eigenvalue weighted by Crippen LogP contribution is -2.37. The first-order valence-electron chi connectivity index (χ1n) is 13.2. The number of likely N-dealkylation sites (tertiary alicyclic amines) is 2. The molecule has 0 unspecified atom stereocenters. The molecule has 190 valence electrons. The molecule has 35 heavy (non-hydrogen) atoms. The molecule has 1 amide bonds. The van der Waals surface area contributed by atoms with Crippen LogP contribution in [0.4, 0.5) is 0 Å². The molecule has 0 spiro atoms. The minimum Gasteiger partial charge on any atom is -0.491 e. The minimum absolute atomic E-state index is 0.199. The van der Waals surface area contributed by atoms with Crippen LogP contribution in [0.5, 0.6) is 11.5 Å². The number of rotatable bonds is 11. The lowest BCUT2D eigenvalue weighted by molar-refractivity contribution is -0.130. The summed E-state index contributed by atoms with van der Waals surface area (Å²) in [7, 11) is 1.66. The van der Waals surface area contributed by atoms with E-state index in [1.54, 1.807) is 20.2 Å². The SMILES string of the molecule is COc1cnc(Cc2cc(CCC3CCN(C(C)=O)CC3)ccn2)cc1OCCCN1CCCC1. The third-order valence-corrected chi connectivity index (χ3v) is 7.33. The molecule has 7 heteroatoms. The van der Waals surface area contributed by atoms with E-state index in [9.17, 15) is 4.79 Å². The first-order chi connectivity index (χ1) is 17.1. The van der Waals surface area contributed by atoms with Crippen LogP contribution in [-0.4, -0.2) is 72.1 Å². The number of aromatic nitrogens is 2. The zero-order valence-corrected chi connectivity index (χ0v) is 21.4. The van der Waals surface area contributed by atoms with Crippen molar-refractivity contribution in [2.45, 2.75) is 58.3 Å². The van der Waals surface area contributed by atoms with Crippen LogP contribution in [-0.2, 0) is 17.6 Å². The monoisotopic (exact) mass is 480 g/mol. The predicted octanol–water partition coefficient (Wildman–Crippen LogP) is 4.13. The van der Waals surface area contributed by atoms with Gasteiger partial charge in [-0.3, -0.25) is 14.8 Å². The highest BCUT2D eigenvalue weighted by molar-refractivity contribution is 5.73. The number of ether oxygens (including phenoxy) is 2. The van der Waals surface area contributed by atoms with Crippen LogP contribution >= 0.6 is 0 Å². The number of amides is 1. The molecular weight excluding hydrogens is 440 g/mol. The second kappa shape index (κ2) is 12.9. The average Bonchev–Trinajstić information content (AvgIpc) is 3.40. The van der Waals surface area contributed by atoms with Gasteiger partial charge >= 0.3 is 0 Å². The Morgan fingerprint density at radius 2 is 1.83 bits per heavy atom. The minimum atomic E-state index is 0.199. The molecule has 0 saturated carbocycles. The zero-order chi connectivity index (χ0) is 24.5. The number of carbonyl (C=O) groups excluding carboxylic acids is 1. The van der Waals surface area contributed by atoms with Crippen molar-refractivity contribution in [2.24, 2.45) is 5.92 Å². The second-order valence-corrected chi connectivity index (χ2v) is 9.90.